The van der Waals surface area contributed by atoms with Gasteiger partial charge in [0.15, 0.2) is 0 Å². The summed E-state index contributed by atoms with van der Waals surface area (Å²) in [6.45, 7) is 4.27. The molecular weight excluding hydrogens is 212 g/mol. The third-order valence-corrected chi connectivity index (χ3v) is 3.51. The highest BCUT2D eigenvalue weighted by Crippen LogP contribution is 2.21. The van der Waals surface area contributed by atoms with Crippen molar-refractivity contribution in [2.75, 3.05) is 26.7 Å². The van der Waals surface area contributed by atoms with Gasteiger partial charge in [0, 0.05) is 13.1 Å². The summed E-state index contributed by atoms with van der Waals surface area (Å²) in [4.78, 5) is 2.52. The molecule has 0 bridgehead atoms. The average molecular weight is 234 g/mol. The monoisotopic (exact) mass is 234 g/mol. The van der Waals surface area contributed by atoms with Crippen molar-refractivity contribution in [3.05, 3.63) is 29.8 Å². The van der Waals surface area contributed by atoms with Gasteiger partial charge in [0.05, 0.1) is 7.11 Å². The van der Waals surface area contributed by atoms with E-state index in [0.29, 0.717) is 0 Å². The zero-order valence-electron chi connectivity index (χ0n) is 10.6. The van der Waals surface area contributed by atoms with E-state index in [4.69, 9.17) is 10.5 Å². The summed E-state index contributed by atoms with van der Waals surface area (Å²) in [6.07, 6.45) is 2.46. The maximum atomic E-state index is 5.61. The van der Waals surface area contributed by atoms with Crippen LogP contribution in [0.3, 0.4) is 0 Å². The van der Waals surface area contributed by atoms with Gasteiger partial charge in [-0.2, -0.15) is 0 Å². The second-order valence-corrected chi connectivity index (χ2v) is 4.82. The van der Waals surface area contributed by atoms with Crippen LogP contribution in [0.5, 0.6) is 5.75 Å². The lowest BCUT2D eigenvalue weighted by Gasteiger charge is -2.16. The lowest BCUT2D eigenvalue weighted by atomic mass is 10.1. The van der Waals surface area contributed by atoms with Crippen molar-refractivity contribution in [1.29, 1.82) is 0 Å². The van der Waals surface area contributed by atoms with Crippen LogP contribution >= 0.6 is 0 Å². The van der Waals surface area contributed by atoms with Gasteiger partial charge in [-0.25, -0.2) is 0 Å². The molecule has 3 heteroatoms. The molecule has 0 spiro atoms. The summed E-state index contributed by atoms with van der Waals surface area (Å²) >= 11 is 0. The lowest BCUT2D eigenvalue weighted by Crippen LogP contribution is -2.20. The van der Waals surface area contributed by atoms with Crippen LogP contribution in [0.2, 0.25) is 0 Å². The molecular formula is C14H22N2O. The van der Waals surface area contributed by atoms with Crippen molar-refractivity contribution in [2.24, 2.45) is 11.7 Å². The molecule has 1 atom stereocenters. The minimum Gasteiger partial charge on any atom is -0.497 e. The van der Waals surface area contributed by atoms with Gasteiger partial charge in [-0.3, -0.25) is 4.90 Å². The number of nitrogens with two attached hydrogens (primary N) is 1. The fourth-order valence-electron chi connectivity index (χ4n) is 2.52. The summed E-state index contributed by atoms with van der Waals surface area (Å²) in [5.41, 5.74) is 6.97. The van der Waals surface area contributed by atoms with Gasteiger partial charge in [-0.05, 0) is 49.5 Å². The third-order valence-electron chi connectivity index (χ3n) is 3.51. The van der Waals surface area contributed by atoms with Crippen molar-refractivity contribution < 1.29 is 4.74 Å². The van der Waals surface area contributed by atoms with Crippen LogP contribution in [0, 0.1) is 5.92 Å². The second-order valence-electron chi connectivity index (χ2n) is 4.82. The normalized spacial score (nSPS) is 20.7. The Hall–Kier alpha value is -1.06. The Bertz CT molecular complexity index is 337. The fraction of sp³-hybridized carbons (Fsp3) is 0.571. The number of hydrogen-bond acceptors (Lipinski definition) is 3. The standard InChI is InChI=1S/C14H22N2O/c1-17-14-4-2-12(3-5-14)10-16-9-7-13(11-16)6-8-15/h2-5,13H,6-11,15H2,1H3. The average Bonchev–Trinajstić information content (AvgIpc) is 2.78. The molecule has 0 aromatic heterocycles. The van der Waals surface area contributed by atoms with Crippen LogP contribution in [0.15, 0.2) is 24.3 Å². The van der Waals surface area contributed by atoms with Crippen molar-refractivity contribution >= 4 is 0 Å². The zero-order chi connectivity index (χ0) is 12.1. The fourth-order valence-corrected chi connectivity index (χ4v) is 2.52. The molecule has 1 saturated heterocycles. The summed E-state index contributed by atoms with van der Waals surface area (Å²) in [5, 5.41) is 0. The minimum absolute atomic E-state index is 0.804. The summed E-state index contributed by atoms with van der Waals surface area (Å²) in [7, 11) is 1.70. The molecule has 1 aromatic carbocycles. The molecule has 0 radical (unpaired) electrons. The first-order chi connectivity index (χ1) is 8.31. The predicted octanol–water partition coefficient (Wildman–Crippen LogP) is 1.87. The van der Waals surface area contributed by atoms with Crippen LogP contribution < -0.4 is 10.5 Å². The van der Waals surface area contributed by atoms with Crippen molar-refractivity contribution in [3.8, 4) is 5.75 Å². The molecule has 2 N–H and O–H groups in total. The van der Waals surface area contributed by atoms with E-state index >= 15 is 0 Å². The predicted molar refractivity (Wildman–Crippen MR) is 70.0 cm³/mol. The highest BCUT2D eigenvalue weighted by Gasteiger charge is 2.21. The Labute approximate surface area is 104 Å². The molecule has 1 heterocycles. The lowest BCUT2D eigenvalue weighted by molar-refractivity contribution is 0.314. The van der Waals surface area contributed by atoms with E-state index < -0.39 is 0 Å². The van der Waals surface area contributed by atoms with Crippen LogP contribution in [0.1, 0.15) is 18.4 Å². The maximum Gasteiger partial charge on any atom is 0.118 e. The van der Waals surface area contributed by atoms with Crippen LogP contribution in [0.4, 0.5) is 0 Å². The Morgan fingerprint density at radius 1 is 1.35 bits per heavy atom. The molecule has 2 rings (SSSR count). The summed E-state index contributed by atoms with van der Waals surface area (Å²) < 4.78 is 5.16. The second kappa shape index (κ2) is 6.03. The van der Waals surface area contributed by atoms with Crippen molar-refractivity contribution in [2.45, 2.75) is 19.4 Å². The van der Waals surface area contributed by atoms with E-state index in [2.05, 4.69) is 17.0 Å². The Morgan fingerprint density at radius 3 is 2.76 bits per heavy atom. The molecule has 3 nitrogen and oxygen atoms in total. The molecule has 0 saturated carbocycles. The van der Waals surface area contributed by atoms with Gasteiger partial charge in [0.25, 0.3) is 0 Å². The first-order valence-corrected chi connectivity index (χ1v) is 6.37. The van der Waals surface area contributed by atoms with Gasteiger partial charge in [0.2, 0.25) is 0 Å². The molecule has 0 aliphatic carbocycles. The van der Waals surface area contributed by atoms with Gasteiger partial charge in [-0.1, -0.05) is 12.1 Å². The van der Waals surface area contributed by atoms with E-state index in [1.54, 1.807) is 7.11 Å². The van der Waals surface area contributed by atoms with Crippen molar-refractivity contribution in [1.82, 2.24) is 4.90 Å². The van der Waals surface area contributed by atoms with E-state index in [1.807, 2.05) is 12.1 Å². The Morgan fingerprint density at radius 2 is 2.12 bits per heavy atom. The molecule has 1 aromatic rings. The zero-order valence-corrected chi connectivity index (χ0v) is 10.6. The topological polar surface area (TPSA) is 38.5 Å². The minimum atomic E-state index is 0.804. The molecule has 1 unspecified atom stereocenters. The van der Waals surface area contributed by atoms with E-state index in [9.17, 15) is 0 Å². The van der Waals surface area contributed by atoms with Gasteiger partial charge >= 0.3 is 0 Å². The van der Waals surface area contributed by atoms with Crippen LogP contribution in [-0.4, -0.2) is 31.6 Å². The highest BCUT2D eigenvalue weighted by atomic mass is 16.5. The summed E-state index contributed by atoms with van der Waals surface area (Å²) in [5.74, 6) is 1.73. The van der Waals surface area contributed by atoms with E-state index in [0.717, 1.165) is 24.8 Å². The number of likely N-dealkylation sites (tertiary alicyclic amines) is 1. The first kappa shape index (κ1) is 12.4. The first-order valence-electron chi connectivity index (χ1n) is 6.37. The smallest absolute Gasteiger partial charge is 0.118 e. The highest BCUT2D eigenvalue weighted by molar-refractivity contribution is 5.27. The largest absolute Gasteiger partial charge is 0.497 e. The number of nitrogens with zero attached hydrogens (tertiary/aromatic N) is 1. The third kappa shape index (κ3) is 3.45. The molecule has 0 amide bonds. The molecule has 17 heavy (non-hydrogen) atoms. The molecule has 1 aliphatic rings. The van der Waals surface area contributed by atoms with E-state index in [-0.39, 0.29) is 0 Å². The van der Waals surface area contributed by atoms with Gasteiger partial charge < -0.3 is 10.5 Å². The number of ether oxygens (including phenoxy) is 1. The SMILES string of the molecule is COc1ccc(CN2CCC(CCN)C2)cc1. The maximum absolute atomic E-state index is 5.61. The van der Waals surface area contributed by atoms with Gasteiger partial charge in [0.1, 0.15) is 5.75 Å². The number of rotatable bonds is 5. The Balaban J connectivity index is 1.84. The summed E-state index contributed by atoms with van der Waals surface area (Å²) in [6, 6.07) is 8.36. The number of methoxy groups -OCH3 is 1. The number of hydrogen-bond donors (Lipinski definition) is 1. The molecule has 1 fully saturated rings. The van der Waals surface area contributed by atoms with Gasteiger partial charge in [-0.15, -0.1) is 0 Å². The van der Waals surface area contributed by atoms with Crippen molar-refractivity contribution in [3.63, 3.8) is 0 Å². The molecule has 94 valence electrons. The van der Waals surface area contributed by atoms with Crippen LogP contribution in [-0.2, 0) is 6.54 Å². The molecule has 1 aliphatic heterocycles. The Kier molecular flexibility index (Phi) is 4.40. The van der Waals surface area contributed by atoms with Crippen LogP contribution in [0.25, 0.3) is 0 Å². The quantitative estimate of drug-likeness (QED) is 0.845. The number of benzene rings is 1. The van der Waals surface area contributed by atoms with E-state index in [1.165, 1.54) is 31.5 Å².